The van der Waals surface area contributed by atoms with Crippen molar-refractivity contribution in [2.75, 3.05) is 26.7 Å². The zero-order valence-electron chi connectivity index (χ0n) is 13.5. The Morgan fingerprint density at radius 3 is 2.72 bits per heavy atom. The number of likely N-dealkylation sites (N-methyl/N-ethyl adjacent to an activating group) is 1. The number of pyridine rings is 1. The van der Waals surface area contributed by atoms with Crippen LogP contribution in [0.2, 0.25) is 10.0 Å². The van der Waals surface area contributed by atoms with Crippen LogP contribution in [0, 0.1) is 0 Å². The Bertz CT molecular complexity index is 755. The number of carbonyl (C=O) groups is 2. The van der Waals surface area contributed by atoms with E-state index in [1.807, 2.05) is 12.1 Å². The van der Waals surface area contributed by atoms with E-state index < -0.39 is 5.91 Å². The predicted octanol–water partition coefficient (Wildman–Crippen LogP) is 2.66. The van der Waals surface area contributed by atoms with Crippen LogP contribution in [-0.4, -0.2) is 48.4 Å². The van der Waals surface area contributed by atoms with Gasteiger partial charge in [0, 0.05) is 18.3 Å². The highest BCUT2D eigenvalue weighted by atomic mass is 35.5. The molecule has 2 amide bonds. The van der Waals surface area contributed by atoms with Crippen molar-refractivity contribution in [1.82, 2.24) is 15.2 Å². The summed E-state index contributed by atoms with van der Waals surface area (Å²) < 4.78 is 5.53. The van der Waals surface area contributed by atoms with Crippen LogP contribution in [0.3, 0.4) is 0 Å². The van der Waals surface area contributed by atoms with Crippen molar-refractivity contribution in [3.8, 4) is 5.75 Å². The van der Waals surface area contributed by atoms with Gasteiger partial charge in [-0.3, -0.25) is 14.6 Å². The third-order valence-electron chi connectivity index (χ3n) is 3.30. The van der Waals surface area contributed by atoms with Crippen molar-refractivity contribution >= 4 is 35.0 Å². The lowest BCUT2D eigenvalue weighted by Crippen LogP contribution is -2.40. The minimum absolute atomic E-state index is 0.143. The Kier molecular flexibility index (Phi) is 7.03. The molecule has 0 atom stereocenters. The van der Waals surface area contributed by atoms with E-state index in [1.54, 1.807) is 25.2 Å². The fourth-order valence-corrected chi connectivity index (χ4v) is 2.24. The molecule has 0 radical (unpaired) electrons. The second kappa shape index (κ2) is 9.25. The molecule has 0 aliphatic carbocycles. The first-order valence-electron chi connectivity index (χ1n) is 7.48. The van der Waals surface area contributed by atoms with Gasteiger partial charge >= 0.3 is 0 Å². The lowest BCUT2D eigenvalue weighted by Gasteiger charge is -2.18. The van der Waals surface area contributed by atoms with Crippen molar-refractivity contribution in [2.45, 2.75) is 0 Å². The van der Waals surface area contributed by atoms with Crippen LogP contribution in [0.1, 0.15) is 10.5 Å². The van der Waals surface area contributed by atoms with Crippen molar-refractivity contribution in [3.63, 3.8) is 0 Å². The van der Waals surface area contributed by atoms with Gasteiger partial charge in [0.2, 0.25) is 5.91 Å². The third kappa shape index (κ3) is 5.92. The summed E-state index contributed by atoms with van der Waals surface area (Å²) >= 11 is 11.8. The van der Waals surface area contributed by atoms with Gasteiger partial charge in [-0.15, -0.1) is 0 Å². The number of benzene rings is 1. The van der Waals surface area contributed by atoms with E-state index in [9.17, 15) is 9.59 Å². The molecule has 0 fully saturated rings. The topological polar surface area (TPSA) is 71.5 Å². The molecule has 8 heteroatoms. The summed E-state index contributed by atoms with van der Waals surface area (Å²) in [6.07, 6.45) is 1.43. The maximum atomic E-state index is 12.0. The van der Waals surface area contributed by atoms with E-state index in [0.29, 0.717) is 22.3 Å². The summed E-state index contributed by atoms with van der Waals surface area (Å²) in [7, 11) is 1.63. The molecule has 0 bridgehead atoms. The highest BCUT2D eigenvalue weighted by Gasteiger charge is 2.13. The average molecular weight is 382 g/mol. The molecule has 6 nitrogen and oxygen atoms in total. The lowest BCUT2D eigenvalue weighted by molar-refractivity contribution is -0.129. The van der Waals surface area contributed by atoms with Gasteiger partial charge < -0.3 is 15.0 Å². The molecule has 0 aliphatic rings. The van der Waals surface area contributed by atoms with Gasteiger partial charge in [-0.2, -0.15) is 0 Å². The quantitative estimate of drug-likeness (QED) is 0.799. The summed E-state index contributed by atoms with van der Waals surface area (Å²) in [6, 6.07) is 10.1. The SMILES string of the molecule is CN(CCOc1ccccc1Cl)C(=O)CNC(=O)c1cc(Cl)ccn1. The molecule has 0 aliphatic heterocycles. The van der Waals surface area contributed by atoms with Gasteiger partial charge in [0.15, 0.2) is 0 Å². The van der Waals surface area contributed by atoms with E-state index in [1.165, 1.54) is 17.2 Å². The molecule has 0 unspecified atom stereocenters. The van der Waals surface area contributed by atoms with Crippen molar-refractivity contribution in [2.24, 2.45) is 0 Å². The minimum atomic E-state index is -0.462. The van der Waals surface area contributed by atoms with Gasteiger partial charge in [0.05, 0.1) is 18.1 Å². The van der Waals surface area contributed by atoms with Gasteiger partial charge in [-0.05, 0) is 24.3 Å². The molecular weight excluding hydrogens is 365 g/mol. The van der Waals surface area contributed by atoms with E-state index in [4.69, 9.17) is 27.9 Å². The van der Waals surface area contributed by atoms with Crippen LogP contribution in [0.25, 0.3) is 0 Å². The molecular formula is C17H17Cl2N3O3. The maximum absolute atomic E-state index is 12.0. The number of nitrogens with one attached hydrogen (secondary N) is 1. The summed E-state index contributed by atoms with van der Waals surface area (Å²) in [5, 5.41) is 3.43. The summed E-state index contributed by atoms with van der Waals surface area (Å²) in [5.74, 6) is -0.153. The number of hydrogen-bond acceptors (Lipinski definition) is 4. The normalized spacial score (nSPS) is 10.2. The monoisotopic (exact) mass is 381 g/mol. The Labute approximate surface area is 155 Å². The third-order valence-corrected chi connectivity index (χ3v) is 3.85. The highest BCUT2D eigenvalue weighted by molar-refractivity contribution is 6.32. The van der Waals surface area contributed by atoms with Crippen LogP contribution < -0.4 is 10.1 Å². The number of halogens is 2. The molecule has 1 aromatic carbocycles. The molecule has 2 aromatic rings. The fourth-order valence-electron chi connectivity index (χ4n) is 1.89. The van der Waals surface area contributed by atoms with E-state index >= 15 is 0 Å². The van der Waals surface area contributed by atoms with Gasteiger partial charge in [-0.1, -0.05) is 35.3 Å². The highest BCUT2D eigenvalue weighted by Crippen LogP contribution is 2.22. The number of rotatable bonds is 7. The van der Waals surface area contributed by atoms with Gasteiger partial charge in [-0.25, -0.2) is 0 Å². The lowest BCUT2D eigenvalue weighted by atomic mass is 10.3. The Hall–Kier alpha value is -2.31. The first kappa shape index (κ1) is 19.0. The summed E-state index contributed by atoms with van der Waals surface area (Å²) in [4.78, 5) is 29.3. The average Bonchev–Trinajstić information content (AvgIpc) is 2.60. The molecule has 132 valence electrons. The first-order valence-corrected chi connectivity index (χ1v) is 8.24. The second-order valence-electron chi connectivity index (χ2n) is 5.14. The summed E-state index contributed by atoms with van der Waals surface area (Å²) in [5.41, 5.74) is 0.157. The molecule has 1 aromatic heterocycles. The van der Waals surface area contributed by atoms with Crippen molar-refractivity contribution < 1.29 is 14.3 Å². The minimum Gasteiger partial charge on any atom is -0.490 e. The first-order chi connectivity index (χ1) is 12.0. The smallest absolute Gasteiger partial charge is 0.270 e. The van der Waals surface area contributed by atoms with Crippen LogP contribution in [0.5, 0.6) is 5.75 Å². The van der Waals surface area contributed by atoms with Crippen molar-refractivity contribution in [1.29, 1.82) is 0 Å². The molecule has 1 heterocycles. The van der Waals surface area contributed by atoms with Crippen LogP contribution in [0.4, 0.5) is 0 Å². The number of para-hydroxylation sites is 1. The molecule has 25 heavy (non-hydrogen) atoms. The van der Waals surface area contributed by atoms with E-state index in [-0.39, 0.29) is 24.8 Å². The number of nitrogens with zero attached hydrogens (tertiary/aromatic N) is 2. The van der Waals surface area contributed by atoms with Crippen molar-refractivity contribution in [3.05, 3.63) is 58.3 Å². The number of hydrogen-bond donors (Lipinski definition) is 1. The van der Waals surface area contributed by atoms with Crippen LogP contribution >= 0.6 is 23.2 Å². The fraction of sp³-hybridized carbons (Fsp3) is 0.235. The largest absolute Gasteiger partial charge is 0.490 e. The van der Waals surface area contributed by atoms with E-state index in [0.717, 1.165) is 0 Å². The number of carbonyl (C=O) groups excluding carboxylic acids is 2. The molecule has 0 saturated heterocycles. The standard InChI is InChI=1S/C17H17Cl2N3O3/c1-22(8-9-25-15-5-3-2-4-13(15)19)16(23)11-21-17(24)14-10-12(18)6-7-20-14/h2-7,10H,8-9,11H2,1H3,(H,21,24). The number of ether oxygens (including phenoxy) is 1. The molecule has 0 spiro atoms. The van der Waals surface area contributed by atoms with Crippen LogP contribution in [-0.2, 0) is 4.79 Å². The zero-order valence-corrected chi connectivity index (χ0v) is 15.0. The molecule has 2 rings (SSSR count). The Morgan fingerprint density at radius 2 is 2.00 bits per heavy atom. The van der Waals surface area contributed by atoms with Gasteiger partial charge in [0.1, 0.15) is 18.1 Å². The maximum Gasteiger partial charge on any atom is 0.270 e. The molecule has 0 saturated carbocycles. The number of aromatic nitrogens is 1. The predicted molar refractivity (Wildman–Crippen MR) is 96.2 cm³/mol. The van der Waals surface area contributed by atoms with E-state index in [2.05, 4.69) is 10.3 Å². The summed E-state index contributed by atoms with van der Waals surface area (Å²) in [6.45, 7) is 0.501. The zero-order chi connectivity index (χ0) is 18.2. The van der Waals surface area contributed by atoms with Gasteiger partial charge in [0.25, 0.3) is 5.91 Å². The van der Waals surface area contributed by atoms with Crippen LogP contribution in [0.15, 0.2) is 42.6 Å². The number of amides is 2. The Morgan fingerprint density at radius 1 is 1.24 bits per heavy atom. The second-order valence-corrected chi connectivity index (χ2v) is 5.98. The molecule has 1 N–H and O–H groups in total. The Balaban J connectivity index is 1.75.